The van der Waals surface area contributed by atoms with E-state index in [9.17, 15) is 9.36 Å². The van der Waals surface area contributed by atoms with Crippen LogP contribution in [0.2, 0.25) is 0 Å². The monoisotopic (exact) mass is 433 g/mol. The van der Waals surface area contributed by atoms with Gasteiger partial charge in [-0.2, -0.15) is 0 Å². The van der Waals surface area contributed by atoms with E-state index in [0.29, 0.717) is 27.6 Å². The second kappa shape index (κ2) is 9.03. The summed E-state index contributed by atoms with van der Waals surface area (Å²) in [5.74, 6) is -0.161. The van der Waals surface area contributed by atoms with Crippen molar-refractivity contribution < 1.29 is 18.4 Å². The number of fused-ring (bicyclic) bond motifs is 1. The van der Waals surface area contributed by atoms with Crippen molar-refractivity contribution in [1.29, 1.82) is 0 Å². The van der Waals surface area contributed by atoms with E-state index in [2.05, 4.69) is 0 Å². The SMILES string of the molecule is CCOP(=O)(OCC)c1c(-c2ccccc2)c(C(=O)c2ccccc2)n2ccccc12. The maximum absolute atomic E-state index is 14.0. The van der Waals surface area contributed by atoms with Crippen molar-refractivity contribution in [2.45, 2.75) is 13.8 Å². The molecule has 5 nitrogen and oxygen atoms in total. The van der Waals surface area contributed by atoms with Crippen LogP contribution in [0.5, 0.6) is 0 Å². The quantitative estimate of drug-likeness (QED) is 0.263. The minimum atomic E-state index is -3.70. The van der Waals surface area contributed by atoms with Crippen molar-refractivity contribution in [3.63, 3.8) is 0 Å². The van der Waals surface area contributed by atoms with Crippen LogP contribution in [0, 0.1) is 0 Å². The van der Waals surface area contributed by atoms with Crippen LogP contribution in [0.3, 0.4) is 0 Å². The van der Waals surface area contributed by atoms with Gasteiger partial charge in [-0.15, -0.1) is 0 Å². The highest BCUT2D eigenvalue weighted by atomic mass is 31.2. The minimum absolute atomic E-state index is 0.161. The molecule has 31 heavy (non-hydrogen) atoms. The van der Waals surface area contributed by atoms with E-state index in [4.69, 9.17) is 9.05 Å². The van der Waals surface area contributed by atoms with Gasteiger partial charge in [-0.05, 0) is 31.5 Å². The Bertz CT molecular complexity index is 1240. The second-order valence-electron chi connectivity index (χ2n) is 6.92. The number of benzene rings is 2. The molecule has 0 radical (unpaired) electrons. The molecule has 0 aliphatic heterocycles. The van der Waals surface area contributed by atoms with E-state index in [1.54, 1.807) is 30.4 Å². The summed E-state index contributed by atoms with van der Waals surface area (Å²) in [5, 5.41) is 0.419. The van der Waals surface area contributed by atoms with Gasteiger partial charge in [0, 0.05) is 17.3 Å². The van der Waals surface area contributed by atoms with Gasteiger partial charge in [-0.1, -0.05) is 66.7 Å². The largest absolute Gasteiger partial charge is 0.364 e. The molecular weight excluding hydrogens is 409 g/mol. The van der Waals surface area contributed by atoms with Gasteiger partial charge in [-0.25, -0.2) is 0 Å². The molecule has 4 rings (SSSR count). The number of aromatic nitrogens is 1. The molecule has 2 aromatic carbocycles. The molecule has 2 aromatic heterocycles. The highest BCUT2D eigenvalue weighted by molar-refractivity contribution is 7.63. The van der Waals surface area contributed by atoms with Crippen LogP contribution in [0.1, 0.15) is 29.9 Å². The normalized spacial score (nSPS) is 11.7. The lowest BCUT2D eigenvalue weighted by Crippen LogP contribution is -2.13. The van der Waals surface area contributed by atoms with E-state index in [1.807, 2.05) is 72.9 Å². The van der Waals surface area contributed by atoms with Gasteiger partial charge in [0.1, 0.15) is 5.69 Å². The van der Waals surface area contributed by atoms with E-state index in [1.165, 1.54) is 0 Å². The van der Waals surface area contributed by atoms with Crippen LogP contribution in [-0.4, -0.2) is 23.4 Å². The van der Waals surface area contributed by atoms with Crippen LogP contribution < -0.4 is 5.30 Å². The molecule has 0 atom stereocenters. The topological polar surface area (TPSA) is 57.0 Å². The predicted molar refractivity (Wildman–Crippen MR) is 123 cm³/mol. The summed E-state index contributed by atoms with van der Waals surface area (Å²) >= 11 is 0. The Labute approximate surface area is 181 Å². The number of hydrogen-bond donors (Lipinski definition) is 0. The molecule has 0 unspecified atom stereocenters. The maximum atomic E-state index is 14.0. The predicted octanol–water partition coefficient (Wildman–Crippen LogP) is 5.73. The first-order chi connectivity index (χ1) is 15.1. The number of pyridine rings is 1. The van der Waals surface area contributed by atoms with Crippen molar-refractivity contribution >= 4 is 24.2 Å². The van der Waals surface area contributed by atoms with Crippen LogP contribution in [-0.2, 0) is 13.6 Å². The molecule has 0 bridgehead atoms. The van der Waals surface area contributed by atoms with E-state index in [-0.39, 0.29) is 19.0 Å². The average molecular weight is 433 g/mol. The third kappa shape index (κ3) is 3.88. The Balaban J connectivity index is 2.13. The summed E-state index contributed by atoms with van der Waals surface area (Å²) in [6.07, 6.45) is 1.81. The molecule has 4 aromatic rings. The Hall–Kier alpha value is -2.98. The summed E-state index contributed by atoms with van der Waals surface area (Å²) in [7, 11) is -3.70. The smallest absolute Gasteiger partial charge is 0.312 e. The Morgan fingerprint density at radius 3 is 2.03 bits per heavy atom. The van der Waals surface area contributed by atoms with Crippen LogP contribution in [0.25, 0.3) is 16.6 Å². The van der Waals surface area contributed by atoms with Crippen molar-refractivity contribution in [3.8, 4) is 11.1 Å². The Morgan fingerprint density at radius 1 is 0.839 bits per heavy atom. The van der Waals surface area contributed by atoms with Crippen molar-refractivity contribution in [3.05, 3.63) is 96.3 Å². The fourth-order valence-corrected chi connectivity index (χ4v) is 5.79. The average Bonchev–Trinajstić information content (AvgIpc) is 3.16. The fraction of sp³-hybridized carbons (Fsp3) is 0.160. The van der Waals surface area contributed by atoms with Crippen LogP contribution in [0.15, 0.2) is 85.1 Å². The third-order valence-electron chi connectivity index (χ3n) is 5.00. The fourth-order valence-electron chi connectivity index (χ4n) is 3.80. The van der Waals surface area contributed by atoms with E-state index < -0.39 is 7.60 Å². The summed E-state index contributed by atoms with van der Waals surface area (Å²) in [6.45, 7) is 4.00. The van der Waals surface area contributed by atoms with E-state index in [0.717, 1.165) is 5.56 Å². The Morgan fingerprint density at radius 2 is 1.42 bits per heavy atom. The third-order valence-corrected chi connectivity index (χ3v) is 7.20. The van der Waals surface area contributed by atoms with Crippen molar-refractivity contribution in [2.24, 2.45) is 0 Å². The van der Waals surface area contributed by atoms with Gasteiger partial charge in [0.15, 0.2) is 0 Å². The van der Waals surface area contributed by atoms with Crippen LogP contribution >= 0.6 is 7.60 Å². The number of ketones is 1. The first-order valence-corrected chi connectivity index (χ1v) is 11.8. The van der Waals surface area contributed by atoms with E-state index >= 15 is 0 Å². The molecule has 0 saturated heterocycles. The minimum Gasteiger partial charge on any atom is -0.312 e. The van der Waals surface area contributed by atoms with Gasteiger partial charge in [0.25, 0.3) is 0 Å². The zero-order chi connectivity index (χ0) is 21.8. The lowest BCUT2D eigenvalue weighted by Gasteiger charge is -2.18. The van der Waals surface area contributed by atoms with Crippen molar-refractivity contribution in [1.82, 2.24) is 4.40 Å². The molecule has 2 heterocycles. The van der Waals surface area contributed by atoms with Gasteiger partial charge >= 0.3 is 7.60 Å². The lowest BCUT2D eigenvalue weighted by atomic mass is 10.0. The molecule has 0 spiro atoms. The van der Waals surface area contributed by atoms with Crippen LogP contribution in [0.4, 0.5) is 0 Å². The molecule has 0 aliphatic carbocycles. The molecular formula is C25H24NO4P. The molecule has 0 N–H and O–H groups in total. The summed E-state index contributed by atoms with van der Waals surface area (Å²) < 4.78 is 27.3. The first kappa shape index (κ1) is 21.3. The van der Waals surface area contributed by atoms with Gasteiger partial charge in [-0.3, -0.25) is 9.36 Å². The number of carbonyl (C=O) groups is 1. The second-order valence-corrected chi connectivity index (χ2v) is 8.88. The molecule has 0 saturated carbocycles. The van der Waals surface area contributed by atoms with Gasteiger partial charge in [0.05, 0.1) is 24.0 Å². The number of rotatable bonds is 8. The summed E-state index contributed by atoms with van der Waals surface area (Å²) in [5.41, 5.74) is 2.97. The Kier molecular flexibility index (Phi) is 6.19. The molecule has 0 amide bonds. The zero-order valence-electron chi connectivity index (χ0n) is 17.5. The number of carbonyl (C=O) groups excluding carboxylic acids is 1. The number of hydrogen-bond acceptors (Lipinski definition) is 4. The van der Waals surface area contributed by atoms with Gasteiger partial charge < -0.3 is 13.4 Å². The maximum Gasteiger partial charge on any atom is 0.364 e. The molecule has 6 heteroatoms. The molecule has 158 valence electrons. The molecule has 0 fully saturated rings. The standard InChI is InChI=1S/C25H24NO4P/c1-3-29-31(28,30-4-2)25-21-17-11-12-18-26(21)23(22(25)19-13-7-5-8-14-19)24(27)20-15-9-6-10-16-20/h5-18H,3-4H2,1-2H3. The zero-order valence-corrected chi connectivity index (χ0v) is 18.4. The lowest BCUT2D eigenvalue weighted by molar-refractivity contribution is 0.103. The van der Waals surface area contributed by atoms with Gasteiger partial charge in [0.2, 0.25) is 5.78 Å². The first-order valence-electron chi connectivity index (χ1n) is 10.3. The summed E-state index contributed by atoms with van der Waals surface area (Å²) in [6, 6.07) is 24.1. The summed E-state index contributed by atoms with van der Waals surface area (Å²) in [4.78, 5) is 13.7. The highest BCUT2D eigenvalue weighted by Gasteiger charge is 2.37. The molecule has 0 aliphatic rings. The van der Waals surface area contributed by atoms with Crippen molar-refractivity contribution in [2.75, 3.05) is 13.2 Å². The number of nitrogens with zero attached hydrogens (tertiary/aromatic N) is 1. The highest BCUT2D eigenvalue weighted by Crippen LogP contribution is 2.52.